The quantitative estimate of drug-likeness (QED) is 0.854. The van der Waals surface area contributed by atoms with Crippen molar-refractivity contribution < 1.29 is 18.0 Å². The minimum Gasteiger partial charge on any atom is -0.469 e. The second kappa shape index (κ2) is 5.22. The third kappa shape index (κ3) is 2.65. The van der Waals surface area contributed by atoms with Crippen LogP contribution in [0.2, 0.25) is 0 Å². The highest BCUT2D eigenvalue weighted by molar-refractivity contribution is 5.94. The van der Waals surface area contributed by atoms with Crippen LogP contribution in [-0.2, 0) is 6.54 Å². The molecule has 0 aliphatic heterocycles. The number of nitrogens with zero attached hydrogens (tertiary/aromatic N) is 1. The summed E-state index contributed by atoms with van der Waals surface area (Å²) in [4.78, 5) is 13.4. The molecular weight excluding hydrogens is 252 g/mol. The Morgan fingerprint density at radius 2 is 2.05 bits per heavy atom. The predicted octanol–water partition coefficient (Wildman–Crippen LogP) is 3.14. The molecule has 0 aliphatic rings. The van der Waals surface area contributed by atoms with Gasteiger partial charge in [-0.15, -0.1) is 0 Å². The molecule has 5 heteroatoms. The van der Waals surface area contributed by atoms with E-state index in [9.17, 15) is 13.6 Å². The largest absolute Gasteiger partial charge is 0.469 e. The zero-order valence-corrected chi connectivity index (χ0v) is 10.6. The fourth-order valence-electron chi connectivity index (χ4n) is 1.78. The maximum atomic E-state index is 13.5. The smallest absolute Gasteiger partial charge is 0.256 e. The Morgan fingerprint density at radius 1 is 1.32 bits per heavy atom. The van der Waals surface area contributed by atoms with E-state index in [2.05, 4.69) is 0 Å². The maximum absolute atomic E-state index is 13.5. The van der Waals surface area contributed by atoms with E-state index in [0.29, 0.717) is 5.76 Å². The van der Waals surface area contributed by atoms with Gasteiger partial charge in [-0.05, 0) is 25.1 Å². The molecule has 0 radical (unpaired) electrons. The van der Waals surface area contributed by atoms with Crippen LogP contribution in [0.3, 0.4) is 0 Å². The summed E-state index contributed by atoms with van der Waals surface area (Å²) in [5.74, 6) is -2.03. The van der Waals surface area contributed by atoms with Crippen molar-refractivity contribution in [1.82, 2.24) is 4.90 Å². The molecule has 0 fully saturated rings. The Morgan fingerprint density at radius 3 is 2.68 bits per heavy atom. The summed E-state index contributed by atoms with van der Waals surface area (Å²) >= 11 is 0. The lowest BCUT2D eigenvalue weighted by atomic mass is 10.1. The standard InChI is InChI=1S/C14H13F2NO2/c1-9-10(6-7-19-9)8-17(2)14(18)11-4-3-5-12(15)13(11)16/h3-7H,8H2,1-2H3. The first-order chi connectivity index (χ1) is 9.00. The minimum atomic E-state index is -1.12. The van der Waals surface area contributed by atoms with E-state index in [1.54, 1.807) is 13.0 Å². The summed E-state index contributed by atoms with van der Waals surface area (Å²) in [5, 5.41) is 0. The second-order valence-electron chi connectivity index (χ2n) is 4.26. The molecule has 0 aliphatic carbocycles. The number of benzene rings is 1. The molecule has 1 aromatic heterocycles. The van der Waals surface area contributed by atoms with Crippen molar-refractivity contribution >= 4 is 5.91 Å². The van der Waals surface area contributed by atoms with Crippen molar-refractivity contribution in [2.45, 2.75) is 13.5 Å². The van der Waals surface area contributed by atoms with Gasteiger partial charge in [0, 0.05) is 19.2 Å². The Bertz CT molecular complexity index is 607. The van der Waals surface area contributed by atoms with Crippen LogP contribution in [0.1, 0.15) is 21.7 Å². The molecule has 2 aromatic rings. The molecular formula is C14H13F2NO2. The van der Waals surface area contributed by atoms with Gasteiger partial charge in [0.1, 0.15) is 5.76 Å². The Kier molecular flexibility index (Phi) is 3.64. The molecule has 3 nitrogen and oxygen atoms in total. The second-order valence-corrected chi connectivity index (χ2v) is 4.26. The Labute approximate surface area is 109 Å². The molecule has 0 saturated carbocycles. The lowest BCUT2D eigenvalue weighted by molar-refractivity contribution is 0.0779. The first-order valence-corrected chi connectivity index (χ1v) is 5.73. The van der Waals surface area contributed by atoms with Crippen LogP contribution < -0.4 is 0 Å². The van der Waals surface area contributed by atoms with E-state index < -0.39 is 17.5 Å². The predicted molar refractivity (Wildman–Crippen MR) is 65.6 cm³/mol. The number of carbonyl (C=O) groups is 1. The van der Waals surface area contributed by atoms with Gasteiger partial charge in [0.15, 0.2) is 11.6 Å². The van der Waals surface area contributed by atoms with Crippen molar-refractivity contribution in [1.29, 1.82) is 0 Å². The molecule has 2 rings (SSSR count). The first-order valence-electron chi connectivity index (χ1n) is 5.73. The summed E-state index contributed by atoms with van der Waals surface area (Å²) in [6.45, 7) is 2.05. The summed E-state index contributed by atoms with van der Waals surface area (Å²) in [5.41, 5.74) is 0.552. The van der Waals surface area contributed by atoms with Crippen molar-refractivity contribution in [2.24, 2.45) is 0 Å². The molecule has 1 heterocycles. The van der Waals surface area contributed by atoms with Crippen LogP contribution in [0.4, 0.5) is 8.78 Å². The third-order valence-corrected chi connectivity index (χ3v) is 2.90. The van der Waals surface area contributed by atoms with Gasteiger partial charge < -0.3 is 9.32 Å². The fraction of sp³-hybridized carbons (Fsp3) is 0.214. The maximum Gasteiger partial charge on any atom is 0.256 e. The van der Waals surface area contributed by atoms with Gasteiger partial charge in [-0.25, -0.2) is 8.78 Å². The molecule has 1 amide bonds. The van der Waals surface area contributed by atoms with Crippen LogP contribution >= 0.6 is 0 Å². The average Bonchev–Trinajstić information content (AvgIpc) is 2.77. The number of aryl methyl sites for hydroxylation is 1. The molecule has 100 valence electrons. The van der Waals surface area contributed by atoms with Gasteiger partial charge in [-0.3, -0.25) is 4.79 Å². The Hall–Kier alpha value is -2.17. The number of furan rings is 1. The van der Waals surface area contributed by atoms with Gasteiger partial charge in [0.05, 0.1) is 11.8 Å². The number of hydrogen-bond acceptors (Lipinski definition) is 2. The van der Waals surface area contributed by atoms with E-state index in [1.807, 2.05) is 0 Å². The van der Waals surface area contributed by atoms with Crippen LogP contribution in [0.15, 0.2) is 34.9 Å². The number of hydrogen-bond donors (Lipinski definition) is 0. The van der Waals surface area contributed by atoms with E-state index in [4.69, 9.17) is 4.42 Å². The van der Waals surface area contributed by atoms with Gasteiger partial charge in [-0.2, -0.15) is 0 Å². The minimum absolute atomic E-state index is 0.274. The lowest BCUT2D eigenvalue weighted by Crippen LogP contribution is -2.27. The third-order valence-electron chi connectivity index (χ3n) is 2.90. The fourth-order valence-corrected chi connectivity index (χ4v) is 1.78. The zero-order chi connectivity index (χ0) is 14.0. The summed E-state index contributed by atoms with van der Waals surface area (Å²) in [6, 6.07) is 5.29. The molecule has 0 unspecified atom stereocenters. The van der Waals surface area contributed by atoms with Crippen LogP contribution in [0.25, 0.3) is 0 Å². The van der Waals surface area contributed by atoms with Gasteiger partial charge in [0.2, 0.25) is 0 Å². The highest BCUT2D eigenvalue weighted by Gasteiger charge is 2.19. The summed E-state index contributed by atoms with van der Waals surface area (Å²) in [7, 11) is 1.53. The molecule has 0 spiro atoms. The SMILES string of the molecule is Cc1occc1CN(C)C(=O)c1cccc(F)c1F. The van der Waals surface area contributed by atoms with E-state index in [0.717, 1.165) is 11.6 Å². The summed E-state index contributed by atoms with van der Waals surface area (Å²) in [6.07, 6.45) is 1.52. The monoisotopic (exact) mass is 265 g/mol. The molecule has 0 N–H and O–H groups in total. The zero-order valence-electron chi connectivity index (χ0n) is 10.6. The number of amides is 1. The number of rotatable bonds is 3. The van der Waals surface area contributed by atoms with Crippen molar-refractivity contribution in [3.8, 4) is 0 Å². The molecule has 19 heavy (non-hydrogen) atoms. The van der Waals surface area contributed by atoms with Gasteiger partial charge >= 0.3 is 0 Å². The van der Waals surface area contributed by atoms with Crippen molar-refractivity contribution in [3.05, 3.63) is 59.1 Å². The van der Waals surface area contributed by atoms with Crippen LogP contribution in [-0.4, -0.2) is 17.9 Å². The lowest BCUT2D eigenvalue weighted by Gasteiger charge is -2.17. The van der Waals surface area contributed by atoms with Crippen LogP contribution in [0.5, 0.6) is 0 Å². The molecule has 1 aromatic carbocycles. The number of halogens is 2. The molecule has 0 saturated heterocycles. The topological polar surface area (TPSA) is 33.5 Å². The Balaban J connectivity index is 2.20. The van der Waals surface area contributed by atoms with E-state index in [-0.39, 0.29) is 12.1 Å². The molecule has 0 atom stereocenters. The number of carbonyl (C=O) groups excluding carboxylic acids is 1. The van der Waals surface area contributed by atoms with E-state index >= 15 is 0 Å². The first kappa shape index (κ1) is 13.3. The van der Waals surface area contributed by atoms with Crippen LogP contribution in [0, 0.1) is 18.6 Å². The highest BCUT2D eigenvalue weighted by atomic mass is 19.2. The molecule has 0 bridgehead atoms. The van der Waals surface area contributed by atoms with E-state index in [1.165, 1.54) is 30.3 Å². The van der Waals surface area contributed by atoms with Gasteiger partial charge in [-0.1, -0.05) is 6.07 Å². The van der Waals surface area contributed by atoms with Gasteiger partial charge in [0.25, 0.3) is 5.91 Å². The summed E-state index contributed by atoms with van der Waals surface area (Å²) < 4.78 is 31.7. The normalized spacial score (nSPS) is 10.5. The highest BCUT2D eigenvalue weighted by Crippen LogP contribution is 2.16. The van der Waals surface area contributed by atoms with Crippen molar-refractivity contribution in [2.75, 3.05) is 7.05 Å². The average molecular weight is 265 g/mol. The van der Waals surface area contributed by atoms with Crippen molar-refractivity contribution in [3.63, 3.8) is 0 Å².